The Hall–Kier alpha value is -3.04. The summed E-state index contributed by atoms with van der Waals surface area (Å²) >= 11 is 0. The van der Waals surface area contributed by atoms with Gasteiger partial charge in [0, 0.05) is 39.1 Å². The summed E-state index contributed by atoms with van der Waals surface area (Å²) in [5, 5.41) is 0. The summed E-state index contributed by atoms with van der Waals surface area (Å²) in [6.07, 6.45) is 1.54. The van der Waals surface area contributed by atoms with Gasteiger partial charge in [-0.3, -0.25) is 19.3 Å². The van der Waals surface area contributed by atoms with E-state index in [9.17, 15) is 22.8 Å². The summed E-state index contributed by atoms with van der Waals surface area (Å²) in [6.45, 7) is 5.49. The Bertz CT molecular complexity index is 1180. The van der Waals surface area contributed by atoms with Crippen molar-refractivity contribution in [3.05, 3.63) is 65.2 Å². The number of fused-ring (bicyclic) bond motifs is 1. The van der Waals surface area contributed by atoms with Gasteiger partial charge in [0.05, 0.1) is 16.0 Å². The smallest absolute Gasteiger partial charge is 0.261 e. The summed E-state index contributed by atoms with van der Waals surface area (Å²) < 4.78 is 27.5. The molecule has 1 atom stereocenters. The first kappa shape index (κ1) is 25.1. The Morgan fingerprint density at radius 3 is 2.03 bits per heavy atom. The summed E-state index contributed by atoms with van der Waals surface area (Å²) in [5.74, 6) is -0.377. The van der Waals surface area contributed by atoms with E-state index >= 15 is 0 Å². The molecule has 4 rings (SSSR count). The van der Waals surface area contributed by atoms with E-state index < -0.39 is 10.0 Å². The molecule has 2 heterocycles. The monoisotopic (exact) mass is 497 g/mol. The number of carbonyl (C=O) groups is 3. The van der Waals surface area contributed by atoms with Gasteiger partial charge in [-0.05, 0) is 48.6 Å². The molecule has 3 amide bonds. The number of benzene rings is 2. The highest BCUT2D eigenvalue weighted by Gasteiger charge is 2.35. The highest BCUT2D eigenvalue weighted by Crippen LogP contribution is 2.24. The lowest BCUT2D eigenvalue weighted by Gasteiger charge is -2.34. The zero-order valence-electron chi connectivity index (χ0n) is 20.1. The van der Waals surface area contributed by atoms with Crippen molar-refractivity contribution in [1.29, 1.82) is 0 Å². The Labute approximate surface area is 206 Å². The number of rotatable bonds is 8. The molecule has 0 aromatic heterocycles. The number of sulfonamides is 1. The normalized spacial score (nSPS) is 17.5. The van der Waals surface area contributed by atoms with Crippen LogP contribution >= 0.6 is 0 Å². The van der Waals surface area contributed by atoms with Gasteiger partial charge in [-0.15, -0.1) is 0 Å². The Kier molecular flexibility index (Phi) is 7.37. The largest absolute Gasteiger partial charge is 0.340 e. The van der Waals surface area contributed by atoms with E-state index in [0.717, 1.165) is 12.0 Å². The summed E-state index contributed by atoms with van der Waals surface area (Å²) in [5.41, 5.74) is 1.91. The van der Waals surface area contributed by atoms with Crippen molar-refractivity contribution in [2.75, 3.05) is 32.7 Å². The van der Waals surface area contributed by atoms with Gasteiger partial charge >= 0.3 is 0 Å². The molecule has 0 radical (unpaired) electrons. The minimum absolute atomic E-state index is 0.100. The zero-order chi connectivity index (χ0) is 25.2. The van der Waals surface area contributed by atoms with Gasteiger partial charge in [0.2, 0.25) is 15.9 Å². The lowest BCUT2D eigenvalue weighted by Crippen LogP contribution is -2.50. The topological polar surface area (TPSA) is 95.1 Å². The molecule has 2 aliphatic rings. The summed E-state index contributed by atoms with van der Waals surface area (Å²) in [6, 6.07) is 13.8. The fourth-order valence-electron chi connectivity index (χ4n) is 4.52. The maximum Gasteiger partial charge on any atom is 0.261 e. The van der Waals surface area contributed by atoms with Gasteiger partial charge in [0.1, 0.15) is 0 Å². The van der Waals surface area contributed by atoms with Crippen LogP contribution in [0.5, 0.6) is 0 Å². The number of nitrogens with zero attached hydrogens (tertiary/aromatic N) is 3. The van der Waals surface area contributed by atoms with Crippen molar-refractivity contribution >= 4 is 27.7 Å². The van der Waals surface area contributed by atoms with E-state index in [1.807, 2.05) is 12.1 Å². The van der Waals surface area contributed by atoms with Crippen LogP contribution in [0.4, 0.5) is 0 Å². The van der Waals surface area contributed by atoms with Crippen molar-refractivity contribution in [3.8, 4) is 0 Å². The third-order valence-electron chi connectivity index (χ3n) is 6.94. The predicted octanol–water partition coefficient (Wildman–Crippen LogP) is 3.11. The average Bonchev–Trinajstić information content (AvgIpc) is 3.13. The average molecular weight is 498 g/mol. The minimum atomic E-state index is -3.61. The molecule has 1 saturated heterocycles. The number of amides is 3. The maximum atomic E-state index is 13.0. The van der Waals surface area contributed by atoms with Crippen LogP contribution in [-0.4, -0.2) is 73.0 Å². The quantitative estimate of drug-likeness (QED) is 0.523. The Morgan fingerprint density at radius 2 is 1.49 bits per heavy atom. The van der Waals surface area contributed by atoms with Crippen molar-refractivity contribution in [3.63, 3.8) is 0 Å². The van der Waals surface area contributed by atoms with Crippen molar-refractivity contribution in [1.82, 2.24) is 14.1 Å². The third kappa shape index (κ3) is 5.01. The fraction of sp³-hybridized carbons (Fsp3) is 0.423. The number of hydrogen-bond donors (Lipinski definition) is 0. The van der Waals surface area contributed by atoms with Crippen molar-refractivity contribution < 1.29 is 22.8 Å². The highest BCUT2D eigenvalue weighted by atomic mass is 32.2. The number of hydrogen-bond acceptors (Lipinski definition) is 5. The van der Waals surface area contributed by atoms with Crippen LogP contribution in [0.25, 0.3) is 0 Å². The highest BCUT2D eigenvalue weighted by molar-refractivity contribution is 7.89. The van der Waals surface area contributed by atoms with Crippen LogP contribution in [0.2, 0.25) is 0 Å². The van der Waals surface area contributed by atoms with Gasteiger partial charge in [-0.2, -0.15) is 4.31 Å². The molecule has 2 aromatic rings. The molecule has 0 saturated carbocycles. The molecule has 35 heavy (non-hydrogen) atoms. The molecular weight excluding hydrogens is 466 g/mol. The molecule has 8 nitrogen and oxygen atoms in total. The van der Waals surface area contributed by atoms with Gasteiger partial charge in [-0.25, -0.2) is 8.42 Å². The SMILES string of the molecule is CC[C@@H](C)c1ccc(S(=O)(=O)N2CCN(C(=O)CCCN3C(=O)c4ccccc4C3=O)CC2)cc1. The Morgan fingerprint density at radius 1 is 0.914 bits per heavy atom. The standard InChI is InChI=1S/C26H31N3O5S/c1-3-19(2)20-10-12-21(13-11-20)35(33,34)28-17-15-27(16-18-28)24(30)9-6-14-29-25(31)22-7-4-5-8-23(22)26(29)32/h4-5,7-8,10-13,19H,3,6,9,14-18H2,1-2H3/t19-/m1/s1. The van der Waals surface area contributed by atoms with Crippen molar-refractivity contribution in [2.24, 2.45) is 0 Å². The molecule has 0 aliphatic carbocycles. The second kappa shape index (κ2) is 10.3. The second-order valence-electron chi connectivity index (χ2n) is 9.07. The zero-order valence-corrected chi connectivity index (χ0v) is 21.0. The first-order chi connectivity index (χ1) is 16.7. The lowest BCUT2D eigenvalue weighted by molar-refractivity contribution is -0.132. The van der Waals surface area contributed by atoms with E-state index in [-0.39, 0.29) is 48.7 Å². The maximum absolute atomic E-state index is 13.0. The molecule has 0 unspecified atom stereocenters. The van der Waals surface area contributed by atoms with Crippen molar-refractivity contribution in [2.45, 2.75) is 43.9 Å². The van der Waals surface area contributed by atoms with E-state index in [1.165, 1.54) is 9.21 Å². The van der Waals surface area contributed by atoms with Crippen LogP contribution < -0.4 is 0 Å². The second-order valence-corrected chi connectivity index (χ2v) is 11.0. The lowest BCUT2D eigenvalue weighted by atomic mass is 9.99. The number of carbonyl (C=O) groups excluding carboxylic acids is 3. The minimum Gasteiger partial charge on any atom is -0.340 e. The molecule has 186 valence electrons. The Balaban J connectivity index is 1.27. The predicted molar refractivity (Wildman–Crippen MR) is 132 cm³/mol. The molecule has 2 aliphatic heterocycles. The summed E-state index contributed by atoms with van der Waals surface area (Å²) in [4.78, 5) is 40.7. The third-order valence-corrected chi connectivity index (χ3v) is 8.85. The van der Waals surface area contributed by atoms with Gasteiger partial charge in [0.15, 0.2) is 0 Å². The van der Waals surface area contributed by atoms with Crippen LogP contribution in [-0.2, 0) is 14.8 Å². The first-order valence-corrected chi connectivity index (χ1v) is 13.5. The molecule has 1 fully saturated rings. The van der Waals surface area contributed by atoms with Crippen LogP contribution in [0.1, 0.15) is 65.3 Å². The summed E-state index contributed by atoms with van der Waals surface area (Å²) in [7, 11) is -3.61. The van der Waals surface area contributed by atoms with Gasteiger partial charge in [0.25, 0.3) is 11.8 Å². The van der Waals surface area contributed by atoms with Crippen LogP contribution in [0, 0.1) is 0 Å². The molecule has 2 aromatic carbocycles. The molecule has 0 bridgehead atoms. The van der Waals surface area contributed by atoms with E-state index in [1.54, 1.807) is 41.3 Å². The molecule has 0 N–H and O–H groups in total. The van der Waals surface area contributed by atoms with Crippen LogP contribution in [0.15, 0.2) is 53.4 Å². The first-order valence-electron chi connectivity index (χ1n) is 12.1. The van der Waals surface area contributed by atoms with Crippen LogP contribution in [0.3, 0.4) is 0 Å². The van der Waals surface area contributed by atoms with Gasteiger partial charge in [-0.1, -0.05) is 38.1 Å². The number of imide groups is 1. The molecule has 0 spiro atoms. The molecule has 9 heteroatoms. The van der Waals surface area contributed by atoms with E-state index in [0.29, 0.717) is 36.6 Å². The molecular formula is C26H31N3O5S. The van der Waals surface area contributed by atoms with E-state index in [2.05, 4.69) is 13.8 Å². The van der Waals surface area contributed by atoms with Gasteiger partial charge < -0.3 is 4.90 Å². The number of piperazine rings is 1. The van der Waals surface area contributed by atoms with E-state index in [4.69, 9.17) is 0 Å². The fourth-order valence-corrected chi connectivity index (χ4v) is 5.94.